The highest BCUT2D eigenvalue weighted by molar-refractivity contribution is 5.85. The van der Waals surface area contributed by atoms with Gasteiger partial charge in [-0.1, -0.05) is 19.9 Å². The Hall–Kier alpha value is -1.43. The van der Waals surface area contributed by atoms with Crippen LogP contribution in [0.5, 0.6) is 0 Å². The second-order valence-electron chi connectivity index (χ2n) is 4.91. The average Bonchev–Trinajstić information content (AvgIpc) is 2.30. The van der Waals surface area contributed by atoms with E-state index in [9.17, 15) is 18.0 Å². The van der Waals surface area contributed by atoms with Crippen LogP contribution < -0.4 is 5.32 Å². The van der Waals surface area contributed by atoms with Crippen molar-refractivity contribution in [1.82, 2.24) is 5.32 Å². The zero-order valence-electron chi connectivity index (χ0n) is 10.3. The minimum Gasteiger partial charge on any atom is -0.449 e. The Balaban J connectivity index is 0.00000180. The fourth-order valence-corrected chi connectivity index (χ4v) is 1.95. The van der Waals surface area contributed by atoms with Gasteiger partial charge in [-0.2, -0.15) is 0 Å². The summed E-state index contributed by atoms with van der Waals surface area (Å²) in [5.41, 5.74) is -0.713. The monoisotopic (exact) mass is 295 g/mol. The van der Waals surface area contributed by atoms with Crippen LogP contribution in [0.3, 0.4) is 0 Å². The van der Waals surface area contributed by atoms with Gasteiger partial charge < -0.3 is 10.1 Å². The normalized spacial score (nSPS) is 21.1. The Morgan fingerprint density at radius 1 is 1.26 bits per heavy atom. The number of halogens is 4. The summed E-state index contributed by atoms with van der Waals surface area (Å²) in [6.07, 6.45) is -0.705. The second-order valence-corrected chi connectivity index (χ2v) is 4.91. The smallest absolute Gasteiger partial charge is 0.407 e. The van der Waals surface area contributed by atoms with E-state index < -0.39 is 35.0 Å². The van der Waals surface area contributed by atoms with Crippen LogP contribution in [0.4, 0.5) is 18.0 Å². The van der Waals surface area contributed by atoms with Gasteiger partial charge >= 0.3 is 6.09 Å². The van der Waals surface area contributed by atoms with E-state index >= 15 is 0 Å². The zero-order valence-corrected chi connectivity index (χ0v) is 11.1. The van der Waals surface area contributed by atoms with Gasteiger partial charge in [-0.3, -0.25) is 0 Å². The molecule has 0 spiro atoms. The summed E-state index contributed by atoms with van der Waals surface area (Å²) in [7, 11) is 0. The molecule has 1 aliphatic heterocycles. The lowest BCUT2D eigenvalue weighted by Crippen LogP contribution is -2.47. The predicted octanol–water partition coefficient (Wildman–Crippen LogP) is 3.33. The molecule has 106 valence electrons. The zero-order chi connectivity index (χ0) is 13.5. The molecule has 1 heterocycles. The number of hydrogen-bond donors (Lipinski definition) is 1. The molecule has 1 amide bonds. The van der Waals surface area contributed by atoms with Gasteiger partial charge in [-0.25, -0.2) is 18.0 Å². The molecule has 1 aliphatic rings. The Morgan fingerprint density at radius 2 is 1.89 bits per heavy atom. The van der Waals surface area contributed by atoms with E-state index in [4.69, 9.17) is 4.74 Å². The molecule has 0 aliphatic carbocycles. The van der Waals surface area contributed by atoms with Crippen molar-refractivity contribution in [2.75, 3.05) is 6.61 Å². The Bertz CT molecular complexity index is 508. The first-order chi connectivity index (χ1) is 8.33. The minimum atomic E-state index is -1.54. The molecule has 1 aromatic carbocycles. The van der Waals surface area contributed by atoms with Gasteiger partial charge in [-0.05, 0) is 6.07 Å². The van der Waals surface area contributed by atoms with E-state index in [0.29, 0.717) is 0 Å². The van der Waals surface area contributed by atoms with Crippen LogP contribution in [0, 0.1) is 22.9 Å². The van der Waals surface area contributed by atoms with Gasteiger partial charge in [0.05, 0.1) is 6.04 Å². The van der Waals surface area contributed by atoms with E-state index in [1.54, 1.807) is 13.8 Å². The summed E-state index contributed by atoms with van der Waals surface area (Å²) >= 11 is 0. The summed E-state index contributed by atoms with van der Waals surface area (Å²) in [6, 6.07) is 1.20. The molecule has 3 nitrogen and oxygen atoms in total. The van der Waals surface area contributed by atoms with E-state index in [-0.39, 0.29) is 24.6 Å². The number of cyclic esters (lactones) is 1. The first-order valence-electron chi connectivity index (χ1n) is 5.39. The van der Waals surface area contributed by atoms with Gasteiger partial charge in [0, 0.05) is 11.0 Å². The van der Waals surface area contributed by atoms with Gasteiger partial charge in [0.15, 0.2) is 17.5 Å². The topological polar surface area (TPSA) is 38.3 Å². The molecule has 7 heteroatoms. The number of alkyl carbamates (subject to hydrolysis) is 1. The highest BCUT2D eigenvalue weighted by atomic mass is 35.5. The van der Waals surface area contributed by atoms with Gasteiger partial charge in [0.2, 0.25) is 0 Å². The Labute approximate surface area is 114 Å². The molecule has 2 rings (SSSR count). The third kappa shape index (κ3) is 2.78. The fourth-order valence-electron chi connectivity index (χ4n) is 1.95. The maximum atomic E-state index is 13.7. The largest absolute Gasteiger partial charge is 0.449 e. The maximum absolute atomic E-state index is 13.7. The molecule has 0 saturated carbocycles. The predicted molar refractivity (Wildman–Crippen MR) is 64.6 cm³/mol. The second kappa shape index (κ2) is 5.28. The van der Waals surface area contributed by atoms with Crippen molar-refractivity contribution < 1.29 is 22.7 Å². The molecule has 0 aromatic heterocycles. The molecule has 1 saturated heterocycles. The number of carbonyl (C=O) groups excluding carboxylic acids is 1. The maximum Gasteiger partial charge on any atom is 0.407 e. The quantitative estimate of drug-likeness (QED) is 0.807. The molecular formula is C12H13ClF3NO2. The standard InChI is InChI=1S/C12H12F3NO2.ClH/c1-12(2)5-18-11(17)16-10(12)6-3-4-7(13)9(15)8(6)14;/h3-4,10H,5H2,1-2H3,(H,16,17);1H/t10-;/m1./s1. The van der Waals surface area contributed by atoms with E-state index in [1.807, 2.05) is 0 Å². The third-order valence-corrected chi connectivity index (χ3v) is 2.99. The summed E-state index contributed by atoms with van der Waals surface area (Å²) in [6.45, 7) is 3.54. The molecule has 1 atom stereocenters. The lowest BCUT2D eigenvalue weighted by molar-refractivity contribution is 0.0375. The third-order valence-electron chi connectivity index (χ3n) is 2.99. The van der Waals surface area contributed by atoms with Crippen molar-refractivity contribution >= 4 is 18.5 Å². The van der Waals surface area contributed by atoms with Gasteiger partial charge in [-0.15, -0.1) is 12.4 Å². The van der Waals surface area contributed by atoms with Crippen LogP contribution >= 0.6 is 12.4 Å². The van der Waals surface area contributed by atoms with Crippen molar-refractivity contribution in [2.45, 2.75) is 19.9 Å². The molecule has 0 unspecified atom stereocenters. The first kappa shape index (κ1) is 15.6. The fraction of sp³-hybridized carbons (Fsp3) is 0.417. The van der Waals surface area contributed by atoms with Gasteiger partial charge in [0.25, 0.3) is 0 Å². The number of carbonyl (C=O) groups is 1. The van der Waals surface area contributed by atoms with Crippen LogP contribution in [-0.2, 0) is 4.74 Å². The van der Waals surface area contributed by atoms with Crippen molar-refractivity contribution in [1.29, 1.82) is 0 Å². The summed E-state index contributed by atoms with van der Waals surface area (Å²) in [4.78, 5) is 11.2. The van der Waals surface area contributed by atoms with Crippen molar-refractivity contribution in [3.63, 3.8) is 0 Å². The molecule has 0 radical (unpaired) electrons. The number of amides is 1. The van der Waals surface area contributed by atoms with Crippen molar-refractivity contribution in [2.24, 2.45) is 5.41 Å². The SMILES string of the molecule is CC1(C)COC(=O)N[C@@H]1c1ccc(F)c(F)c1F.Cl. The number of benzene rings is 1. The first-order valence-corrected chi connectivity index (χ1v) is 5.39. The van der Waals surface area contributed by atoms with Gasteiger partial charge in [0.1, 0.15) is 6.61 Å². The minimum absolute atomic E-state index is 0. The van der Waals surface area contributed by atoms with Crippen LogP contribution in [0.25, 0.3) is 0 Å². The van der Waals surface area contributed by atoms with Crippen LogP contribution in [-0.4, -0.2) is 12.7 Å². The summed E-state index contributed by atoms with van der Waals surface area (Å²) in [5, 5.41) is 2.42. The lowest BCUT2D eigenvalue weighted by atomic mass is 9.80. The molecule has 1 N–H and O–H groups in total. The number of nitrogens with one attached hydrogen (secondary N) is 1. The Kier molecular flexibility index (Phi) is 4.35. The number of rotatable bonds is 1. The van der Waals surface area contributed by atoms with Crippen molar-refractivity contribution in [3.05, 3.63) is 35.1 Å². The van der Waals surface area contributed by atoms with E-state index in [0.717, 1.165) is 12.1 Å². The lowest BCUT2D eigenvalue weighted by Gasteiger charge is -2.38. The molecule has 1 fully saturated rings. The summed E-state index contributed by atoms with van der Waals surface area (Å²) in [5.74, 6) is -4.08. The van der Waals surface area contributed by atoms with Crippen LogP contribution in [0.1, 0.15) is 25.5 Å². The molecular weight excluding hydrogens is 283 g/mol. The van der Waals surface area contributed by atoms with Crippen molar-refractivity contribution in [3.8, 4) is 0 Å². The highest BCUT2D eigenvalue weighted by Crippen LogP contribution is 2.38. The number of ether oxygens (including phenoxy) is 1. The highest BCUT2D eigenvalue weighted by Gasteiger charge is 2.39. The number of hydrogen-bond acceptors (Lipinski definition) is 2. The molecule has 19 heavy (non-hydrogen) atoms. The van der Waals surface area contributed by atoms with Crippen LogP contribution in [0.15, 0.2) is 12.1 Å². The summed E-state index contributed by atoms with van der Waals surface area (Å²) < 4.78 is 44.6. The Morgan fingerprint density at radius 3 is 2.53 bits per heavy atom. The van der Waals surface area contributed by atoms with E-state index in [1.165, 1.54) is 0 Å². The molecule has 0 bridgehead atoms. The van der Waals surface area contributed by atoms with Crippen LogP contribution in [0.2, 0.25) is 0 Å². The molecule has 1 aromatic rings. The van der Waals surface area contributed by atoms with E-state index in [2.05, 4.69) is 5.32 Å². The average molecular weight is 296 g/mol.